The van der Waals surface area contributed by atoms with Crippen molar-refractivity contribution in [1.82, 2.24) is 10.3 Å². The number of hydrogen-bond acceptors (Lipinski definition) is 2. The number of nitrogens with one attached hydrogen (secondary N) is 1. The van der Waals surface area contributed by atoms with Gasteiger partial charge in [0, 0.05) is 17.8 Å². The van der Waals surface area contributed by atoms with E-state index in [1.807, 2.05) is 37.5 Å². The zero-order chi connectivity index (χ0) is 14.8. The van der Waals surface area contributed by atoms with Crippen molar-refractivity contribution in [3.8, 4) is 0 Å². The van der Waals surface area contributed by atoms with Crippen LogP contribution in [-0.2, 0) is 0 Å². The normalized spacial score (nSPS) is 12.5. The van der Waals surface area contributed by atoms with Crippen molar-refractivity contribution in [2.75, 3.05) is 7.05 Å². The first kappa shape index (κ1) is 14.3. The predicted molar refractivity (Wildman–Crippen MR) is 89.1 cm³/mol. The molecule has 2 nitrogen and oxygen atoms in total. The third-order valence-electron chi connectivity index (χ3n) is 3.61. The van der Waals surface area contributed by atoms with Crippen molar-refractivity contribution in [2.24, 2.45) is 0 Å². The van der Waals surface area contributed by atoms with E-state index in [0.29, 0.717) is 10.0 Å². The Balaban J connectivity index is 2.21. The van der Waals surface area contributed by atoms with Crippen molar-refractivity contribution in [3.05, 3.63) is 76.0 Å². The van der Waals surface area contributed by atoms with Gasteiger partial charge in [0.15, 0.2) is 0 Å². The van der Waals surface area contributed by atoms with Crippen molar-refractivity contribution in [3.63, 3.8) is 0 Å². The van der Waals surface area contributed by atoms with Crippen LogP contribution in [0.25, 0.3) is 10.8 Å². The Bertz CT molecular complexity index is 781. The minimum Gasteiger partial charge on any atom is -0.309 e. The van der Waals surface area contributed by atoms with Gasteiger partial charge in [-0.1, -0.05) is 53.5 Å². The summed E-state index contributed by atoms with van der Waals surface area (Å²) in [5.74, 6) is 0. The van der Waals surface area contributed by atoms with Crippen LogP contribution in [0, 0.1) is 0 Å². The van der Waals surface area contributed by atoms with Gasteiger partial charge in [-0.05, 0) is 35.7 Å². The van der Waals surface area contributed by atoms with E-state index in [9.17, 15) is 0 Å². The summed E-state index contributed by atoms with van der Waals surface area (Å²) in [6.07, 6.45) is 3.67. The summed E-state index contributed by atoms with van der Waals surface area (Å²) in [6.45, 7) is 0. The third kappa shape index (κ3) is 2.62. The Morgan fingerprint density at radius 2 is 1.76 bits per heavy atom. The Kier molecular flexibility index (Phi) is 4.11. The number of pyridine rings is 1. The Morgan fingerprint density at radius 3 is 2.57 bits per heavy atom. The Labute approximate surface area is 133 Å². The van der Waals surface area contributed by atoms with Gasteiger partial charge in [-0.25, -0.2) is 0 Å². The maximum Gasteiger partial charge on any atom is 0.0643 e. The number of nitrogens with zero attached hydrogens (tertiary/aromatic N) is 1. The summed E-state index contributed by atoms with van der Waals surface area (Å²) in [4.78, 5) is 4.18. The maximum atomic E-state index is 6.38. The molecule has 2 aromatic carbocycles. The topological polar surface area (TPSA) is 24.9 Å². The monoisotopic (exact) mass is 316 g/mol. The van der Waals surface area contributed by atoms with Gasteiger partial charge in [0.25, 0.3) is 0 Å². The summed E-state index contributed by atoms with van der Waals surface area (Å²) in [6, 6.07) is 13.9. The lowest BCUT2D eigenvalue weighted by atomic mass is 9.94. The van der Waals surface area contributed by atoms with Gasteiger partial charge in [-0.2, -0.15) is 0 Å². The van der Waals surface area contributed by atoms with Gasteiger partial charge >= 0.3 is 0 Å². The molecule has 0 aliphatic carbocycles. The summed E-state index contributed by atoms with van der Waals surface area (Å²) >= 11 is 12.5. The fourth-order valence-corrected chi connectivity index (χ4v) is 3.04. The van der Waals surface area contributed by atoms with Gasteiger partial charge in [-0.15, -0.1) is 0 Å². The second kappa shape index (κ2) is 6.02. The van der Waals surface area contributed by atoms with Crippen LogP contribution in [0.1, 0.15) is 17.2 Å². The van der Waals surface area contributed by atoms with E-state index in [4.69, 9.17) is 23.2 Å². The van der Waals surface area contributed by atoms with Gasteiger partial charge in [0.05, 0.1) is 16.1 Å². The van der Waals surface area contributed by atoms with E-state index in [1.54, 1.807) is 12.3 Å². The van der Waals surface area contributed by atoms with Gasteiger partial charge in [0.2, 0.25) is 0 Å². The first-order chi connectivity index (χ1) is 10.2. The molecule has 1 unspecified atom stereocenters. The molecular weight excluding hydrogens is 303 g/mol. The molecule has 106 valence electrons. The molecule has 21 heavy (non-hydrogen) atoms. The largest absolute Gasteiger partial charge is 0.309 e. The maximum absolute atomic E-state index is 6.38. The summed E-state index contributed by atoms with van der Waals surface area (Å²) < 4.78 is 0. The summed E-state index contributed by atoms with van der Waals surface area (Å²) in [5, 5.41) is 6.75. The van der Waals surface area contributed by atoms with Crippen LogP contribution in [0.4, 0.5) is 0 Å². The smallest absolute Gasteiger partial charge is 0.0643 e. The second-order valence-corrected chi connectivity index (χ2v) is 5.59. The van der Waals surface area contributed by atoms with Crippen molar-refractivity contribution in [1.29, 1.82) is 0 Å². The molecule has 0 saturated heterocycles. The lowest BCUT2D eigenvalue weighted by Gasteiger charge is -2.20. The molecule has 0 radical (unpaired) electrons. The van der Waals surface area contributed by atoms with E-state index in [0.717, 1.165) is 21.9 Å². The van der Waals surface area contributed by atoms with Crippen molar-refractivity contribution < 1.29 is 0 Å². The molecule has 3 aromatic rings. The average Bonchev–Trinajstić information content (AvgIpc) is 2.52. The molecule has 1 heterocycles. The molecule has 0 aliphatic heterocycles. The SMILES string of the molecule is CNC(c1cccc(Cl)c1Cl)c1cccc2cnccc12. The van der Waals surface area contributed by atoms with E-state index < -0.39 is 0 Å². The van der Waals surface area contributed by atoms with Crippen LogP contribution in [-0.4, -0.2) is 12.0 Å². The zero-order valence-corrected chi connectivity index (χ0v) is 13.0. The highest BCUT2D eigenvalue weighted by molar-refractivity contribution is 6.42. The molecule has 0 saturated carbocycles. The highest BCUT2D eigenvalue weighted by atomic mass is 35.5. The predicted octanol–water partition coefficient (Wildman–Crippen LogP) is 4.85. The minimum absolute atomic E-state index is 0.0256. The number of hydrogen-bond donors (Lipinski definition) is 1. The summed E-state index contributed by atoms with van der Waals surface area (Å²) in [7, 11) is 1.92. The number of rotatable bonds is 3. The molecule has 0 aliphatic rings. The van der Waals surface area contributed by atoms with Crippen molar-refractivity contribution >= 4 is 34.0 Å². The molecule has 0 bridgehead atoms. The number of aromatic nitrogens is 1. The first-order valence-corrected chi connectivity index (χ1v) is 7.42. The standard InChI is InChI=1S/C17H14Cl2N2/c1-20-17(14-6-3-7-15(18)16(14)19)13-5-2-4-11-10-21-9-8-12(11)13/h2-10,17,20H,1H3. The van der Waals surface area contributed by atoms with Crippen LogP contribution in [0.15, 0.2) is 54.9 Å². The highest BCUT2D eigenvalue weighted by Gasteiger charge is 2.18. The number of benzene rings is 2. The zero-order valence-electron chi connectivity index (χ0n) is 11.5. The molecule has 4 heteroatoms. The highest BCUT2D eigenvalue weighted by Crippen LogP contribution is 2.35. The van der Waals surface area contributed by atoms with Crippen molar-refractivity contribution in [2.45, 2.75) is 6.04 Å². The molecule has 1 N–H and O–H groups in total. The fourth-order valence-electron chi connectivity index (χ4n) is 2.62. The van der Waals surface area contributed by atoms with E-state index in [1.165, 1.54) is 0 Å². The minimum atomic E-state index is -0.0256. The third-order valence-corrected chi connectivity index (χ3v) is 4.44. The second-order valence-electron chi connectivity index (χ2n) is 4.81. The quantitative estimate of drug-likeness (QED) is 0.747. The molecule has 1 aromatic heterocycles. The fraction of sp³-hybridized carbons (Fsp3) is 0.118. The van der Waals surface area contributed by atoms with Gasteiger partial charge in [-0.3, -0.25) is 4.98 Å². The van der Waals surface area contributed by atoms with E-state index in [-0.39, 0.29) is 6.04 Å². The molecule has 1 atom stereocenters. The lowest BCUT2D eigenvalue weighted by molar-refractivity contribution is 0.697. The molecule has 0 spiro atoms. The molecule has 0 amide bonds. The van der Waals surface area contributed by atoms with E-state index >= 15 is 0 Å². The van der Waals surface area contributed by atoms with Crippen LogP contribution in [0.2, 0.25) is 10.0 Å². The Hall–Kier alpha value is -1.61. The lowest BCUT2D eigenvalue weighted by Crippen LogP contribution is -2.18. The summed E-state index contributed by atoms with van der Waals surface area (Å²) in [5.41, 5.74) is 2.12. The van der Waals surface area contributed by atoms with Gasteiger partial charge in [0.1, 0.15) is 0 Å². The Morgan fingerprint density at radius 1 is 1.00 bits per heavy atom. The molecule has 0 fully saturated rings. The molecule has 3 rings (SSSR count). The molecular formula is C17H14Cl2N2. The van der Waals surface area contributed by atoms with Crippen LogP contribution < -0.4 is 5.32 Å². The first-order valence-electron chi connectivity index (χ1n) is 6.66. The number of fused-ring (bicyclic) bond motifs is 1. The average molecular weight is 317 g/mol. The van der Waals surface area contributed by atoms with Crippen LogP contribution in [0.5, 0.6) is 0 Å². The van der Waals surface area contributed by atoms with E-state index in [2.05, 4.69) is 22.4 Å². The van der Waals surface area contributed by atoms with Crippen LogP contribution >= 0.6 is 23.2 Å². The van der Waals surface area contributed by atoms with Gasteiger partial charge < -0.3 is 5.32 Å². The van der Waals surface area contributed by atoms with Crippen LogP contribution in [0.3, 0.4) is 0 Å². The number of halogens is 2.